The van der Waals surface area contributed by atoms with Crippen LogP contribution in [0.2, 0.25) is 0 Å². The zero-order valence-electron chi connectivity index (χ0n) is 18.5. The molecule has 0 bridgehead atoms. The second-order valence-electron chi connectivity index (χ2n) is 8.46. The molecule has 1 aromatic rings. The third kappa shape index (κ3) is 6.90. The van der Waals surface area contributed by atoms with E-state index >= 15 is 0 Å². The summed E-state index contributed by atoms with van der Waals surface area (Å²) in [5.41, 5.74) is 1.51. The van der Waals surface area contributed by atoms with Gasteiger partial charge in [0.05, 0.1) is 6.61 Å². The zero-order valence-corrected chi connectivity index (χ0v) is 18.5. The van der Waals surface area contributed by atoms with Crippen molar-refractivity contribution in [1.82, 2.24) is 10.2 Å². The quantitative estimate of drug-likeness (QED) is 0.447. The molecule has 1 aliphatic rings. The normalized spacial score (nSPS) is 15.5. The number of likely N-dealkylation sites (tertiary alicyclic amines) is 1. The van der Waals surface area contributed by atoms with Gasteiger partial charge < -0.3 is 19.7 Å². The molecule has 1 N–H and O–H groups in total. The van der Waals surface area contributed by atoms with E-state index in [0.29, 0.717) is 37.2 Å². The van der Waals surface area contributed by atoms with Crippen LogP contribution in [0.5, 0.6) is 5.75 Å². The number of amides is 2. The first kappa shape index (κ1) is 23.4. The van der Waals surface area contributed by atoms with E-state index in [2.05, 4.69) is 26.1 Å². The van der Waals surface area contributed by atoms with Crippen molar-refractivity contribution in [2.75, 3.05) is 19.7 Å². The molecule has 0 radical (unpaired) electrons. The first-order valence-electron chi connectivity index (χ1n) is 10.3. The second kappa shape index (κ2) is 10.3. The van der Waals surface area contributed by atoms with Crippen molar-refractivity contribution in [2.24, 2.45) is 5.41 Å². The standard InChI is InChI=1S/C23H32N2O5/c1-6-29-22(28)30-19-9-7-17(8-10-19)21(27)24-18-11-13-25(14-12-18)20(26)15-16(2)23(3,4)5/h7-10,15,18H,6,11-14H2,1-5H3,(H,24,27)/b16-15+. The molecule has 1 saturated heterocycles. The predicted molar refractivity (Wildman–Crippen MR) is 114 cm³/mol. The van der Waals surface area contributed by atoms with Crippen LogP contribution in [0.1, 0.15) is 57.8 Å². The Balaban J connectivity index is 1.84. The summed E-state index contributed by atoms with van der Waals surface area (Å²) in [4.78, 5) is 38.1. The smallest absolute Gasteiger partial charge is 0.434 e. The summed E-state index contributed by atoms with van der Waals surface area (Å²) in [5, 5.41) is 3.02. The molecule has 30 heavy (non-hydrogen) atoms. The van der Waals surface area contributed by atoms with Gasteiger partial charge in [-0.25, -0.2) is 4.79 Å². The molecule has 7 heteroatoms. The number of carbonyl (C=O) groups excluding carboxylic acids is 3. The molecule has 1 aliphatic heterocycles. The highest BCUT2D eigenvalue weighted by Gasteiger charge is 2.24. The van der Waals surface area contributed by atoms with Gasteiger partial charge >= 0.3 is 6.16 Å². The molecule has 0 saturated carbocycles. The Morgan fingerprint density at radius 3 is 2.27 bits per heavy atom. The SMILES string of the molecule is CCOC(=O)Oc1ccc(C(=O)NC2CCN(C(=O)/C=C(\C)C(C)(C)C)CC2)cc1. The molecular weight excluding hydrogens is 384 g/mol. The minimum absolute atomic E-state index is 0.0182. The molecule has 0 spiro atoms. The fourth-order valence-corrected chi connectivity index (χ4v) is 2.92. The first-order valence-corrected chi connectivity index (χ1v) is 10.3. The Labute approximate surface area is 178 Å². The number of nitrogens with zero attached hydrogens (tertiary/aromatic N) is 1. The van der Waals surface area contributed by atoms with E-state index in [4.69, 9.17) is 9.47 Å². The van der Waals surface area contributed by atoms with Gasteiger partial charge in [-0.05, 0) is 56.4 Å². The van der Waals surface area contributed by atoms with Crippen LogP contribution in [-0.4, -0.2) is 48.6 Å². The highest BCUT2D eigenvalue weighted by atomic mass is 16.7. The van der Waals surface area contributed by atoms with Gasteiger partial charge in [0.2, 0.25) is 5.91 Å². The summed E-state index contributed by atoms with van der Waals surface area (Å²) in [7, 11) is 0. The molecule has 2 rings (SSSR count). The van der Waals surface area contributed by atoms with Crippen molar-refractivity contribution in [3.63, 3.8) is 0 Å². The van der Waals surface area contributed by atoms with Crippen molar-refractivity contribution in [3.05, 3.63) is 41.5 Å². The van der Waals surface area contributed by atoms with Gasteiger partial charge in [0.15, 0.2) is 0 Å². The monoisotopic (exact) mass is 416 g/mol. The van der Waals surface area contributed by atoms with Crippen molar-refractivity contribution < 1.29 is 23.9 Å². The number of allylic oxidation sites excluding steroid dienone is 1. The molecular formula is C23H32N2O5. The minimum Gasteiger partial charge on any atom is -0.434 e. The van der Waals surface area contributed by atoms with Gasteiger partial charge in [0, 0.05) is 30.8 Å². The van der Waals surface area contributed by atoms with Gasteiger partial charge in [0.25, 0.3) is 5.91 Å². The number of rotatable bonds is 5. The third-order valence-corrected chi connectivity index (χ3v) is 5.24. The fourth-order valence-electron chi connectivity index (χ4n) is 2.92. The number of hydrogen-bond donors (Lipinski definition) is 1. The summed E-state index contributed by atoms with van der Waals surface area (Å²) in [6, 6.07) is 6.32. The van der Waals surface area contributed by atoms with E-state index in [1.165, 1.54) is 0 Å². The summed E-state index contributed by atoms with van der Waals surface area (Å²) < 4.78 is 9.70. The van der Waals surface area contributed by atoms with Crippen LogP contribution >= 0.6 is 0 Å². The first-order chi connectivity index (χ1) is 14.1. The fraction of sp³-hybridized carbons (Fsp3) is 0.522. The van der Waals surface area contributed by atoms with Crippen molar-refractivity contribution in [1.29, 1.82) is 0 Å². The van der Waals surface area contributed by atoms with E-state index in [0.717, 1.165) is 5.57 Å². The number of hydrogen-bond acceptors (Lipinski definition) is 5. The van der Waals surface area contributed by atoms with Crippen LogP contribution in [0.25, 0.3) is 0 Å². The van der Waals surface area contributed by atoms with Gasteiger partial charge in [-0.3, -0.25) is 9.59 Å². The number of ether oxygens (including phenoxy) is 2. The van der Waals surface area contributed by atoms with Gasteiger partial charge in [-0.1, -0.05) is 26.3 Å². The van der Waals surface area contributed by atoms with Crippen LogP contribution in [0.3, 0.4) is 0 Å². The van der Waals surface area contributed by atoms with E-state index in [9.17, 15) is 14.4 Å². The lowest BCUT2D eigenvalue weighted by Gasteiger charge is -2.32. The lowest BCUT2D eigenvalue weighted by atomic mass is 9.87. The van der Waals surface area contributed by atoms with Crippen molar-refractivity contribution >= 4 is 18.0 Å². The van der Waals surface area contributed by atoms with Gasteiger partial charge in [-0.15, -0.1) is 0 Å². The Morgan fingerprint density at radius 2 is 1.73 bits per heavy atom. The molecule has 7 nitrogen and oxygen atoms in total. The van der Waals surface area contributed by atoms with Crippen molar-refractivity contribution in [3.8, 4) is 5.75 Å². The minimum atomic E-state index is -0.774. The average Bonchev–Trinajstić information content (AvgIpc) is 2.68. The number of nitrogens with one attached hydrogen (secondary N) is 1. The summed E-state index contributed by atoms with van der Waals surface area (Å²) in [5.74, 6) is 0.158. The van der Waals surface area contributed by atoms with Gasteiger partial charge in [-0.2, -0.15) is 0 Å². The van der Waals surface area contributed by atoms with E-state index < -0.39 is 6.16 Å². The highest BCUT2D eigenvalue weighted by molar-refractivity contribution is 5.94. The van der Waals surface area contributed by atoms with E-state index in [1.54, 1.807) is 37.3 Å². The third-order valence-electron chi connectivity index (χ3n) is 5.24. The highest BCUT2D eigenvalue weighted by Crippen LogP contribution is 2.24. The maximum atomic E-state index is 12.5. The van der Waals surface area contributed by atoms with E-state index in [-0.39, 0.29) is 29.9 Å². The lowest BCUT2D eigenvalue weighted by molar-refractivity contribution is -0.127. The van der Waals surface area contributed by atoms with Crippen LogP contribution < -0.4 is 10.1 Å². The topological polar surface area (TPSA) is 84.9 Å². The molecule has 0 unspecified atom stereocenters. The molecule has 0 atom stereocenters. The molecule has 0 aliphatic carbocycles. The molecule has 2 amide bonds. The molecule has 0 aromatic heterocycles. The Kier molecular flexibility index (Phi) is 8.03. The lowest BCUT2D eigenvalue weighted by Crippen LogP contribution is -2.46. The Bertz CT molecular complexity index is 785. The number of benzene rings is 1. The Morgan fingerprint density at radius 1 is 1.13 bits per heavy atom. The maximum Gasteiger partial charge on any atom is 0.513 e. The van der Waals surface area contributed by atoms with Crippen LogP contribution in [-0.2, 0) is 9.53 Å². The second-order valence-corrected chi connectivity index (χ2v) is 8.46. The van der Waals surface area contributed by atoms with Crippen LogP contribution in [0, 0.1) is 5.41 Å². The molecule has 1 fully saturated rings. The summed E-state index contributed by atoms with van der Waals surface area (Å²) >= 11 is 0. The van der Waals surface area contributed by atoms with E-state index in [1.807, 2.05) is 11.8 Å². The summed E-state index contributed by atoms with van der Waals surface area (Å²) in [6.07, 6.45) is 2.37. The summed E-state index contributed by atoms with van der Waals surface area (Å²) in [6.45, 7) is 11.4. The number of carbonyl (C=O) groups is 3. The molecule has 164 valence electrons. The maximum absolute atomic E-state index is 12.5. The largest absolute Gasteiger partial charge is 0.513 e. The molecule has 1 aromatic carbocycles. The van der Waals surface area contributed by atoms with Gasteiger partial charge in [0.1, 0.15) is 5.75 Å². The Hall–Kier alpha value is -2.83. The average molecular weight is 417 g/mol. The van der Waals surface area contributed by atoms with Crippen LogP contribution in [0.15, 0.2) is 35.9 Å². The predicted octanol–water partition coefficient (Wildman–Crippen LogP) is 3.94. The van der Waals surface area contributed by atoms with Crippen LogP contribution in [0.4, 0.5) is 4.79 Å². The van der Waals surface area contributed by atoms with Crippen molar-refractivity contribution in [2.45, 2.75) is 53.5 Å². The zero-order chi connectivity index (χ0) is 22.3. The molecule has 1 heterocycles. The number of piperidine rings is 1.